The summed E-state index contributed by atoms with van der Waals surface area (Å²) in [6, 6.07) is 0.103. The van der Waals surface area contributed by atoms with E-state index in [4.69, 9.17) is 6.42 Å². The monoisotopic (exact) mass is 292 g/mol. The van der Waals surface area contributed by atoms with Gasteiger partial charge in [0, 0.05) is 12.7 Å². The summed E-state index contributed by atoms with van der Waals surface area (Å²) in [6.07, 6.45) is 11.8. The molecular formula is C12H13BrN4. The molecule has 0 amide bonds. The van der Waals surface area contributed by atoms with Gasteiger partial charge in [0.05, 0.1) is 24.1 Å². The number of imidazole rings is 1. The summed E-state index contributed by atoms with van der Waals surface area (Å²) in [5, 5.41) is 3.30. The molecule has 2 aromatic rings. The van der Waals surface area contributed by atoms with Crippen LogP contribution in [-0.2, 0) is 6.54 Å². The van der Waals surface area contributed by atoms with E-state index < -0.39 is 0 Å². The zero-order valence-corrected chi connectivity index (χ0v) is 11.1. The second kappa shape index (κ2) is 5.30. The molecule has 0 fully saturated rings. The fraction of sp³-hybridized carbons (Fsp3) is 0.333. The van der Waals surface area contributed by atoms with Crippen molar-refractivity contribution in [3.63, 3.8) is 0 Å². The van der Waals surface area contributed by atoms with E-state index in [-0.39, 0.29) is 6.04 Å². The molecule has 0 spiro atoms. The number of rotatable bonds is 4. The van der Waals surface area contributed by atoms with Crippen LogP contribution in [0.5, 0.6) is 0 Å². The van der Waals surface area contributed by atoms with Crippen molar-refractivity contribution in [2.24, 2.45) is 0 Å². The van der Waals surface area contributed by atoms with Crippen molar-refractivity contribution in [3.8, 4) is 12.3 Å². The summed E-state index contributed by atoms with van der Waals surface area (Å²) in [6.45, 7) is 2.76. The lowest BCUT2D eigenvalue weighted by molar-refractivity contribution is 0.583. The lowest BCUT2D eigenvalue weighted by atomic mass is 10.2. The fourth-order valence-corrected chi connectivity index (χ4v) is 1.90. The molecule has 0 aromatic carbocycles. The number of hydrogen-bond donors (Lipinski definition) is 1. The maximum Gasteiger partial charge on any atom is 0.155 e. The number of fused-ring (bicyclic) bond motifs is 1. The van der Waals surface area contributed by atoms with Gasteiger partial charge in [-0.05, 0) is 22.4 Å². The maximum absolute atomic E-state index is 5.41. The molecule has 1 N–H and O–H groups in total. The van der Waals surface area contributed by atoms with Gasteiger partial charge in [-0.1, -0.05) is 12.8 Å². The lowest BCUT2D eigenvalue weighted by Gasteiger charge is -2.09. The second-order valence-electron chi connectivity index (χ2n) is 3.70. The van der Waals surface area contributed by atoms with Gasteiger partial charge < -0.3 is 0 Å². The predicted molar refractivity (Wildman–Crippen MR) is 70.4 cm³/mol. The predicted octanol–water partition coefficient (Wildman–Crippen LogP) is 1.99. The van der Waals surface area contributed by atoms with Crippen LogP contribution in [0.25, 0.3) is 5.65 Å². The normalized spacial score (nSPS) is 12.5. The first kappa shape index (κ1) is 12.1. The molecule has 2 rings (SSSR count). The summed E-state index contributed by atoms with van der Waals surface area (Å²) in [5.74, 6) is 2.71. The first-order chi connectivity index (χ1) is 8.24. The van der Waals surface area contributed by atoms with E-state index in [0.717, 1.165) is 22.4 Å². The Bertz CT molecular complexity index is 555. The van der Waals surface area contributed by atoms with Crippen molar-refractivity contribution in [2.75, 3.05) is 0 Å². The molecular weight excluding hydrogens is 280 g/mol. The van der Waals surface area contributed by atoms with Gasteiger partial charge in [0.1, 0.15) is 4.60 Å². The minimum atomic E-state index is 0.103. The summed E-state index contributed by atoms with van der Waals surface area (Å²) in [5.41, 5.74) is 1.90. The van der Waals surface area contributed by atoms with Gasteiger partial charge >= 0.3 is 0 Å². The number of terminal acetylenes is 1. The van der Waals surface area contributed by atoms with Gasteiger partial charge in [0.15, 0.2) is 5.65 Å². The van der Waals surface area contributed by atoms with E-state index in [9.17, 15) is 0 Å². The third kappa shape index (κ3) is 2.65. The zero-order valence-electron chi connectivity index (χ0n) is 9.52. The van der Waals surface area contributed by atoms with Gasteiger partial charge in [-0.2, -0.15) is 0 Å². The Labute approximate surface area is 109 Å². The van der Waals surface area contributed by atoms with Crippen LogP contribution in [0.2, 0.25) is 0 Å². The van der Waals surface area contributed by atoms with Crippen molar-refractivity contribution in [3.05, 3.63) is 28.9 Å². The Morgan fingerprint density at radius 3 is 3.06 bits per heavy atom. The first-order valence-corrected chi connectivity index (χ1v) is 6.21. The second-order valence-corrected chi connectivity index (χ2v) is 4.51. The Balaban J connectivity index is 2.19. The largest absolute Gasteiger partial charge is 0.299 e. The van der Waals surface area contributed by atoms with Gasteiger partial charge in [0.2, 0.25) is 0 Å². The van der Waals surface area contributed by atoms with E-state index in [2.05, 4.69) is 44.1 Å². The van der Waals surface area contributed by atoms with Gasteiger partial charge in [-0.25, -0.2) is 9.97 Å². The molecule has 1 unspecified atom stereocenters. The molecule has 17 heavy (non-hydrogen) atoms. The van der Waals surface area contributed by atoms with Gasteiger partial charge in [-0.15, -0.1) is 6.42 Å². The van der Waals surface area contributed by atoms with Gasteiger partial charge in [-0.3, -0.25) is 9.72 Å². The highest BCUT2D eigenvalue weighted by molar-refractivity contribution is 9.10. The highest BCUT2D eigenvalue weighted by atomic mass is 79.9. The standard InChI is InChI=1S/C12H13BrN4/c1-3-9(4-2)14-5-10-6-16-12-7-15-11(13)8-17(10)12/h1,6-9,14H,4-5H2,2H3. The quantitative estimate of drug-likeness (QED) is 0.877. The van der Waals surface area contributed by atoms with Crippen LogP contribution in [0.3, 0.4) is 0 Å². The van der Waals surface area contributed by atoms with E-state index in [1.807, 2.05) is 16.8 Å². The SMILES string of the molecule is C#CC(CC)NCc1cnc2cnc(Br)cn12. The van der Waals surface area contributed by atoms with Gasteiger partial charge in [0.25, 0.3) is 0 Å². The van der Waals surface area contributed by atoms with Crippen LogP contribution < -0.4 is 5.32 Å². The third-order valence-corrected chi connectivity index (χ3v) is 2.99. The summed E-state index contributed by atoms with van der Waals surface area (Å²) >= 11 is 3.35. The molecule has 0 aliphatic rings. The number of nitrogens with one attached hydrogen (secondary N) is 1. The number of halogens is 1. The Hall–Kier alpha value is -1.38. The first-order valence-electron chi connectivity index (χ1n) is 5.41. The summed E-state index contributed by atoms with van der Waals surface area (Å²) < 4.78 is 2.78. The third-order valence-electron chi connectivity index (χ3n) is 2.58. The minimum Gasteiger partial charge on any atom is -0.299 e. The number of aromatic nitrogens is 3. The minimum absolute atomic E-state index is 0.103. The maximum atomic E-state index is 5.41. The smallest absolute Gasteiger partial charge is 0.155 e. The van der Waals surface area contributed by atoms with Crippen LogP contribution in [0.1, 0.15) is 19.0 Å². The van der Waals surface area contributed by atoms with Crippen LogP contribution in [0.15, 0.2) is 23.2 Å². The van der Waals surface area contributed by atoms with Crippen molar-refractivity contribution < 1.29 is 0 Å². The van der Waals surface area contributed by atoms with Crippen molar-refractivity contribution >= 4 is 21.6 Å². The molecule has 1 atom stereocenters. The van der Waals surface area contributed by atoms with Crippen LogP contribution >= 0.6 is 15.9 Å². The Morgan fingerprint density at radius 2 is 2.35 bits per heavy atom. The molecule has 0 saturated carbocycles. The number of hydrogen-bond acceptors (Lipinski definition) is 3. The number of nitrogens with zero attached hydrogens (tertiary/aromatic N) is 3. The molecule has 0 bridgehead atoms. The van der Waals surface area contributed by atoms with E-state index in [1.165, 1.54) is 0 Å². The Kier molecular flexibility index (Phi) is 3.77. The zero-order chi connectivity index (χ0) is 12.3. The molecule has 5 heteroatoms. The molecule has 0 saturated heterocycles. The average Bonchev–Trinajstić information content (AvgIpc) is 2.73. The highest BCUT2D eigenvalue weighted by Crippen LogP contribution is 2.10. The van der Waals surface area contributed by atoms with Crippen molar-refractivity contribution in [1.82, 2.24) is 19.7 Å². The van der Waals surface area contributed by atoms with Crippen molar-refractivity contribution in [1.29, 1.82) is 0 Å². The molecule has 0 radical (unpaired) electrons. The van der Waals surface area contributed by atoms with Crippen molar-refractivity contribution in [2.45, 2.75) is 25.9 Å². The fourth-order valence-electron chi connectivity index (χ4n) is 1.60. The molecule has 0 aliphatic heterocycles. The van der Waals surface area contributed by atoms with Crippen LogP contribution in [-0.4, -0.2) is 20.4 Å². The molecule has 4 nitrogen and oxygen atoms in total. The molecule has 2 heterocycles. The van der Waals surface area contributed by atoms with Crippen LogP contribution in [0, 0.1) is 12.3 Å². The van der Waals surface area contributed by atoms with Crippen LogP contribution in [0.4, 0.5) is 0 Å². The molecule has 0 aliphatic carbocycles. The summed E-state index contributed by atoms with van der Waals surface area (Å²) in [7, 11) is 0. The topological polar surface area (TPSA) is 42.2 Å². The van der Waals surface area contributed by atoms with E-state index in [0.29, 0.717) is 6.54 Å². The molecule has 88 valence electrons. The van der Waals surface area contributed by atoms with E-state index in [1.54, 1.807) is 6.20 Å². The average molecular weight is 293 g/mol. The molecule has 2 aromatic heterocycles. The van der Waals surface area contributed by atoms with E-state index >= 15 is 0 Å². The Morgan fingerprint density at radius 1 is 1.53 bits per heavy atom. The highest BCUT2D eigenvalue weighted by Gasteiger charge is 2.06. The lowest BCUT2D eigenvalue weighted by Crippen LogP contribution is -2.26. The summed E-state index contributed by atoms with van der Waals surface area (Å²) in [4.78, 5) is 8.41.